The van der Waals surface area contributed by atoms with Crippen molar-refractivity contribution >= 4 is 11.9 Å². The van der Waals surface area contributed by atoms with Gasteiger partial charge in [-0.05, 0) is 42.0 Å². The number of halogens is 4. The van der Waals surface area contributed by atoms with Crippen molar-refractivity contribution in [2.24, 2.45) is 0 Å². The van der Waals surface area contributed by atoms with Gasteiger partial charge in [0.25, 0.3) is 5.91 Å². The Bertz CT molecular complexity index is 1220. The second-order valence-electron chi connectivity index (χ2n) is 6.85. The molecule has 4 rings (SSSR count). The molecule has 0 fully saturated rings. The smallest absolute Gasteiger partial charge is 0.478 e. The van der Waals surface area contributed by atoms with Crippen LogP contribution in [0.15, 0.2) is 54.9 Å². The third kappa shape index (κ3) is 4.68. The molecule has 0 saturated carbocycles. The van der Waals surface area contributed by atoms with Gasteiger partial charge in [0.05, 0.1) is 17.2 Å². The second kappa shape index (κ2) is 8.37. The van der Waals surface area contributed by atoms with Crippen LogP contribution in [-0.4, -0.2) is 39.5 Å². The van der Waals surface area contributed by atoms with E-state index in [0.717, 1.165) is 18.3 Å². The highest BCUT2D eigenvalue weighted by Gasteiger charge is 2.39. The molecule has 0 saturated heterocycles. The number of hydrogen-bond acceptors (Lipinski definition) is 6. The molecule has 12 heteroatoms. The van der Waals surface area contributed by atoms with E-state index in [9.17, 15) is 27.2 Å². The normalized spacial score (nSPS) is 17.1. The largest absolute Gasteiger partial charge is 0.573 e. The Morgan fingerprint density at radius 2 is 1.91 bits per heavy atom. The van der Waals surface area contributed by atoms with Crippen molar-refractivity contribution in [1.29, 1.82) is 0 Å². The highest BCUT2D eigenvalue weighted by molar-refractivity contribution is 5.94. The molecule has 3 aromatic rings. The lowest BCUT2D eigenvalue weighted by Crippen LogP contribution is -2.41. The van der Waals surface area contributed by atoms with Gasteiger partial charge >= 0.3 is 12.3 Å². The van der Waals surface area contributed by atoms with Gasteiger partial charge in [0, 0.05) is 12.4 Å². The van der Waals surface area contributed by atoms with E-state index < -0.39 is 42.0 Å². The van der Waals surface area contributed by atoms with E-state index >= 15 is 0 Å². The molecule has 1 aliphatic rings. The summed E-state index contributed by atoms with van der Waals surface area (Å²) in [5.74, 6) is -4.77. The molecule has 8 nitrogen and oxygen atoms in total. The number of carbonyl (C=O) groups is 2. The van der Waals surface area contributed by atoms with Crippen LogP contribution < -0.4 is 14.8 Å². The van der Waals surface area contributed by atoms with Gasteiger partial charge in [-0.3, -0.25) is 14.8 Å². The monoisotopic (exact) mass is 463 g/mol. The van der Waals surface area contributed by atoms with Gasteiger partial charge in [0.1, 0.15) is 11.4 Å². The van der Waals surface area contributed by atoms with E-state index in [2.05, 4.69) is 20.0 Å². The number of benzene rings is 1. The van der Waals surface area contributed by atoms with Gasteiger partial charge in [-0.1, -0.05) is 6.07 Å². The third-order valence-corrected chi connectivity index (χ3v) is 4.71. The van der Waals surface area contributed by atoms with Crippen LogP contribution in [-0.2, 0) is 0 Å². The summed E-state index contributed by atoms with van der Waals surface area (Å²) in [5.41, 5.74) is 0.293. The number of rotatable bonds is 5. The minimum atomic E-state index is -5.06. The summed E-state index contributed by atoms with van der Waals surface area (Å²) in [7, 11) is 0. The number of amides is 1. The maximum atomic E-state index is 14.3. The number of carbonyl (C=O) groups excluding carboxylic acids is 1. The lowest BCUT2D eigenvalue weighted by atomic mass is 9.94. The highest BCUT2D eigenvalue weighted by Crippen LogP contribution is 2.41. The zero-order chi connectivity index (χ0) is 23.8. The summed E-state index contributed by atoms with van der Waals surface area (Å²) >= 11 is 0. The second-order valence-corrected chi connectivity index (χ2v) is 6.85. The van der Waals surface area contributed by atoms with Crippen LogP contribution in [0.25, 0.3) is 0 Å². The number of hydrogen-bond donors (Lipinski definition) is 2. The molecular formula is C21H13F4N3O5. The summed E-state index contributed by atoms with van der Waals surface area (Å²) in [4.78, 5) is 31.6. The number of aromatic carboxylic acids is 1. The van der Waals surface area contributed by atoms with Crippen LogP contribution in [0.2, 0.25) is 0 Å². The predicted octanol–water partition coefficient (Wildman–Crippen LogP) is 3.49. The fourth-order valence-corrected chi connectivity index (χ4v) is 3.31. The number of carboxylic acid groups (broad SMARTS) is 1. The van der Waals surface area contributed by atoms with Gasteiger partial charge < -0.3 is 19.9 Å². The third-order valence-electron chi connectivity index (χ3n) is 4.71. The molecule has 2 unspecified atom stereocenters. The molecule has 0 aliphatic carbocycles. The van der Waals surface area contributed by atoms with E-state index in [1.165, 1.54) is 24.4 Å². The number of aromatic nitrogens is 2. The minimum absolute atomic E-state index is 0.105. The fraction of sp³-hybridized carbons (Fsp3) is 0.143. The number of carboxylic acids is 1. The molecule has 1 amide bonds. The maximum absolute atomic E-state index is 14.3. The van der Waals surface area contributed by atoms with Gasteiger partial charge in [-0.2, -0.15) is 0 Å². The molecule has 170 valence electrons. The van der Waals surface area contributed by atoms with E-state index in [4.69, 9.17) is 9.84 Å². The number of pyridine rings is 2. The molecule has 0 bridgehead atoms. The molecule has 1 aromatic carbocycles. The molecule has 0 radical (unpaired) electrons. The summed E-state index contributed by atoms with van der Waals surface area (Å²) in [6.07, 6.45) is -3.71. The Labute approximate surface area is 182 Å². The molecule has 0 spiro atoms. The van der Waals surface area contributed by atoms with E-state index in [1.807, 2.05) is 0 Å². The molecule has 33 heavy (non-hydrogen) atoms. The van der Waals surface area contributed by atoms with Gasteiger partial charge in [-0.25, -0.2) is 9.18 Å². The first-order chi connectivity index (χ1) is 15.6. The van der Waals surface area contributed by atoms with Crippen molar-refractivity contribution in [3.05, 3.63) is 83.2 Å². The predicted molar refractivity (Wildman–Crippen MR) is 102 cm³/mol. The van der Waals surface area contributed by atoms with Gasteiger partial charge in [0.15, 0.2) is 17.8 Å². The number of alkyl halides is 3. The van der Waals surface area contributed by atoms with Gasteiger partial charge in [-0.15, -0.1) is 13.2 Å². The molecule has 2 aromatic heterocycles. The molecule has 3 heterocycles. The summed E-state index contributed by atoms with van der Waals surface area (Å²) in [5, 5.41) is 11.5. The quantitative estimate of drug-likeness (QED) is 0.558. The fourth-order valence-electron chi connectivity index (χ4n) is 3.31. The first kappa shape index (κ1) is 22.0. The molecule has 1 aliphatic heterocycles. The van der Waals surface area contributed by atoms with Gasteiger partial charge in [0.2, 0.25) is 0 Å². The molecule has 2 N–H and O–H groups in total. The van der Waals surface area contributed by atoms with Crippen LogP contribution in [0.1, 0.15) is 38.0 Å². The van der Waals surface area contributed by atoms with Crippen LogP contribution >= 0.6 is 0 Å². The van der Waals surface area contributed by atoms with E-state index in [-0.39, 0.29) is 22.6 Å². The lowest BCUT2D eigenvalue weighted by Gasteiger charge is -2.21. The number of ether oxygens (including phenoxy) is 2. The van der Waals surface area contributed by atoms with Crippen LogP contribution in [0.5, 0.6) is 11.5 Å². The molecule has 2 atom stereocenters. The van der Waals surface area contributed by atoms with Crippen molar-refractivity contribution in [1.82, 2.24) is 15.3 Å². The Hall–Kier alpha value is -4.22. The first-order valence-electron chi connectivity index (χ1n) is 9.29. The summed E-state index contributed by atoms with van der Waals surface area (Å²) < 4.78 is 61.1. The van der Waals surface area contributed by atoms with Crippen molar-refractivity contribution in [3.63, 3.8) is 0 Å². The Kier molecular flexibility index (Phi) is 5.58. The standard InChI is InChI=1S/C21H13F4N3O5/c22-12-8-10(4-6-14(12)33-21(23,24)25)16-17-15(2-1-7-26-17)32-19(16)28-18(29)13-5-3-11(9-27-13)20(30)31/h1-9,16,19H,(H,28,29)(H,30,31). The minimum Gasteiger partial charge on any atom is -0.478 e. The average molecular weight is 463 g/mol. The zero-order valence-electron chi connectivity index (χ0n) is 16.3. The van der Waals surface area contributed by atoms with Crippen molar-refractivity contribution in [3.8, 4) is 11.5 Å². The Morgan fingerprint density at radius 1 is 1.12 bits per heavy atom. The SMILES string of the molecule is O=C(O)c1ccc(C(=O)NC2Oc3cccnc3C2c2ccc(OC(F)(F)F)c(F)c2)nc1. The topological polar surface area (TPSA) is 111 Å². The van der Waals surface area contributed by atoms with Crippen molar-refractivity contribution in [2.75, 3.05) is 0 Å². The zero-order valence-corrected chi connectivity index (χ0v) is 16.3. The van der Waals surface area contributed by atoms with Crippen LogP contribution in [0.3, 0.4) is 0 Å². The van der Waals surface area contributed by atoms with E-state index in [0.29, 0.717) is 5.69 Å². The lowest BCUT2D eigenvalue weighted by molar-refractivity contribution is -0.275. The average Bonchev–Trinajstić information content (AvgIpc) is 3.12. The highest BCUT2D eigenvalue weighted by atomic mass is 19.4. The first-order valence-corrected chi connectivity index (χ1v) is 9.29. The number of nitrogens with zero attached hydrogens (tertiary/aromatic N) is 2. The number of nitrogens with one attached hydrogen (secondary N) is 1. The summed E-state index contributed by atoms with van der Waals surface area (Å²) in [6.45, 7) is 0. The van der Waals surface area contributed by atoms with Crippen LogP contribution in [0.4, 0.5) is 17.6 Å². The van der Waals surface area contributed by atoms with Crippen molar-refractivity contribution < 1.29 is 41.7 Å². The van der Waals surface area contributed by atoms with Crippen LogP contribution in [0, 0.1) is 5.82 Å². The van der Waals surface area contributed by atoms with E-state index in [1.54, 1.807) is 12.1 Å². The Balaban J connectivity index is 1.62. The van der Waals surface area contributed by atoms with Crippen molar-refractivity contribution in [2.45, 2.75) is 18.5 Å². The summed E-state index contributed by atoms with van der Waals surface area (Å²) in [6, 6.07) is 8.43. The molecular weight excluding hydrogens is 450 g/mol. The maximum Gasteiger partial charge on any atom is 0.573 e. The number of fused-ring (bicyclic) bond motifs is 1. The Morgan fingerprint density at radius 3 is 2.55 bits per heavy atom.